The molecule has 15 heavy (non-hydrogen) atoms. The van der Waals surface area contributed by atoms with Gasteiger partial charge in [-0.25, -0.2) is 0 Å². The first-order valence-electron chi connectivity index (χ1n) is 5.81. The van der Waals surface area contributed by atoms with E-state index in [2.05, 4.69) is 16.2 Å². The van der Waals surface area contributed by atoms with E-state index in [0.29, 0.717) is 18.8 Å². The minimum atomic E-state index is -0.383. The summed E-state index contributed by atoms with van der Waals surface area (Å²) in [6, 6.07) is 0. The third-order valence-corrected chi connectivity index (χ3v) is 2.87. The second kappa shape index (κ2) is 7.98. The highest BCUT2D eigenvalue weighted by atomic mass is 31.0. The van der Waals surface area contributed by atoms with Crippen molar-refractivity contribution in [2.24, 2.45) is 11.8 Å². The monoisotopic (exact) mass is 230 g/mol. The Morgan fingerprint density at radius 3 is 2.20 bits per heavy atom. The maximum absolute atomic E-state index is 11.8. The number of carbonyl (C=O) groups is 2. The highest BCUT2D eigenvalue weighted by molar-refractivity contribution is 7.40. The van der Waals surface area contributed by atoms with Crippen LogP contribution in [0.3, 0.4) is 0 Å². The lowest BCUT2D eigenvalue weighted by molar-refractivity contribution is -0.129. The Morgan fingerprint density at radius 1 is 1.20 bits per heavy atom. The van der Waals surface area contributed by atoms with Crippen LogP contribution in [0.2, 0.25) is 0 Å². The maximum Gasteiger partial charge on any atom is 0.158 e. The Kier molecular flexibility index (Phi) is 7.86. The molecule has 0 aromatic carbocycles. The minimum Gasteiger partial charge on any atom is -0.299 e. The van der Waals surface area contributed by atoms with Crippen molar-refractivity contribution < 1.29 is 9.59 Å². The van der Waals surface area contributed by atoms with Crippen LogP contribution in [0.15, 0.2) is 0 Å². The van der Waals surface area contributed by atoms with Gasteiger partial charge in [0.15, 0.2) is 5.52 Å². The Hall–Kier alpha value is -0.230. The highest BCUT2D eigenvalue weighted by Crippen LogP contribution is 2.19. The van der Waals surface area contributed by atoms with E-state index in [9.17, 15) is 9.59 Å². The molecule has 0 saturated heterocycles. The number of hydrogen-bond acceptors (Lipinski definition) is 2. The largest absolute Gasteiger partial charge is 0.299 e. The van der Waals surface area contributed by atoms with Gasteiger partial charge in [0.05, 0.1) is 5.92 Å². The van der Waals surface area contributed by atoms with Crippen LogP contribution >= 0.6 is 9.24 Å². The summed E-state index contributed by atoms with van der Waals surface area (Å²) in [5, 5.41) is 0. The van der Waals surface area contributed by atoms with E-state index in [1.165, 1.54) is 0 Å². The molecule has 3 heteroatoms. The molecule has 0 radical (unpaired) electrons. The lowest BCUT2D eigenvalue weighted by Gasteiger charge is -2.14. The Balaban J connectivity index is 4.11. The van der Waals surface area contributed by atoms with Crippen molar-refractivity contribution in [3.05, 3.63) is 0 Å². The number of hydrogen-bond donors (Lipinski definition) is 0. The fraction of sp³-hybridized carbons (Fsp3) is 0.833. The first-order valence-corrected chi connectivity index (χ1v) is 6.38. The Labute approximate surface area is 95.4 Å². The minimum absolute atomic E-state index is 0.0507. The molecule has 0 aliphatic carbocycles. The number of rotatable bonds is 8. The van der Waals surface area contributed by atoms with Gasteiger partial charge in [0.25, 0.3) is 0 Å². The van der Waals surface area contributed by atoms with Crippen molar-refractivity contribution >= 4 is 20.5 Å². The number of Topliss-reactive ketones (excluding diaryl/α,β-unsaturated/α-hetero) is 1. The normalized spacial score (nSPS) is 12.9. The van der Waals surface area contributed by atoms with Gasteiger partial charge in [0.2, 0.25) is 0 Å². The SMILES string of the molecule is CCCCCC(=O)C(CC(C)C)C(=O)P. The maximum atomic E-state index is 11.8. The zero-order valence-corrected chi connectivity index (χ0v) is 11.2. The van der Waals surface area contributed by atoms with Crippen molar-refractivity contribution in [3.63, 3.8) is 0 Å². The lowest BCUT2D eigenvalue weighted by Crippen LogP contribution is -2.22. The highest BCUT2D eigenvalue weighted by Gasteiger charge is 2.23. The smallest absolute Gasteiger partial charge is 0.158 e. The molecule has 0 bridgehead atoms. The molecule has 88 valence electrons. The fourth-order valence-corrected chi connectivity index (χ4v) is 1.92. The molecular formula is C12H23O2P. The van der Waals surface area contributed by atoms with Gasteiger partial charge in [-0.05, 0) is 18.8 Å². The van der Waals surface area contributed by atoms with E-state index >= 15 is 0 Å². The molecule has 0 aliphatic heterocycles. The quantitative estimate of drug-likeness (QED) is 0.364. The van der Waals surface area contributed by atoms with Crippen LogP contribution in [0.5, 0.6) is 0 Å². The summed E-state index contributed by atoms with van der Waals surface area (Å²) in [7, 11) is 2.15. The van der Waals surface area contributed by atoms with E-state index in [4.69, 9.17) is 0 Å². The van der Waals surface area contributed by atoms with Crippen LogP contribution in [-0.4, -0.2) is 11.3 Å². The van der Waals surface area contributed by atoms with E-state index in [1.54, 1.807) is 0 Å². The van der Waals surface area contributed by atoms with Crippen molar-refractivity contribution in [1.29, 1.82) is 0 Å². The zero-order chi connectivity index (χ0) is 11.8. The average Bonchev–Trinajstić information content (AvgIpc) is 2.13. The van der Waals surface area contributed by atoms with Crippen LogP contribution in [0.1, 0.15) is 52.9 Å². The predicted molar refractivity (Wildman–Crippen MR) is 66.8 cm³/mol. The molecule has 0 amide bonds. The summed E-state index contributed by atoms with van der Waals surface area (Å²) in [6.07, 6.45) is 4.35. The Morgan fingerprint density at radius 2 is 1.80 bits per heavy atom. The first kappa shape index (κ1) is 14.8. The molecule has 2 nitrogen and oxygen atoms in total. The molecule has 0 aromatic heterocycles. The van der Waals surface area contributed by atoms with Gasteiger partial charge in [0.1, 0.15) is 5.78 Å². The van der Waals surface area contributed by atoms with Gasteiger partial charge in [-0.3, -0.25) is 9.59 Å². The summed E-state index contributed by atoms with van der Waals surface area (Å²) >= 11 is 0. The summed E-state index contributed by atoms with van der Waals surface area (Å²) in [5.74, 6) is 0.138. The van der Waals surface area contributed by atoms with E-state index in [0.717, 1.165) is 19.3 Å². The van der Waals surface area contributed by atoms with Crippen molar-refractivity contribution in [2.75, 3.05) is 0 Å². The standard InChI is InChI=1S/C12H23O2P/c1-4-5-6-7-11(13)10(12(14)15)8-9(2)3/h9-10H,4-8,15H2,1-3H3. The van der Waals surface area contributed by atoms with Crippen LogP contribution in [0.4, 0.5) is 0 Å². The topological polar surface area (TPSA) is 34.1 Å². The van der Waals surface area contributed by atoms with E-state index in [-0.39, 0.29) is 17.2 Å². The number of carbonyl (C=O) groups excluding carboxylic acids is 2. The molecule has 0 heterocycles. The van der Waals surface area contributed by atoms with Gasteiger partial charge in [-0.2, -0.15) is 0 Å². The van der Waals surface area contributed by atoms with Crippen molar-refractivity contribution in [1.82, 2.24) is 0 Å². The molecule has 0 aliphatic rings. The van der Waals surface area contributed by atoms with Crippen LogP contribution in [0, 0.1) is 11.8 Å². The van der Waals surface area contributed by atoms with Gasteiger partial charge in [-0.1, -0.05) is 42.9 Å². The van der Waals surface area contributed by atoms with E-state index in [1.807, 2.05) is 13.8 Å². The third kappa shape index (κ3) is 6.78. The van der Waals surface area contributed by atoms with Gasteiger partial charge in [-0.15, -0.1) is 0 Å². The number of unbranched alkanes of at least 4 members (excludes halogenated alkanes) is 2. The fourth-order valence-electron chi connectivity index (χ4n) is 1.60. The van der Waals surface area contributed by atoms with Crippen molar-refractivity contribution in [3.8, 4) is 0 Å². The molecule has 2 unspecified atom stereocenters. The molecule has 0 fully saturated rings. The second-order valence-corrected chi connectivity index (χ2v) is 5.08. The molecular weight excluding hydrogens is 207 g/mol. The van der Waals surface area contributed by atoms with Crippen LogP contribution in [-0.2, 0) is 9.59 Å². The number of ketones is 1. The summed E-state index contributed by atoms with van der Waals surface area (Å²) in [4.78, 5) is 23.1. The summed E-state index contributed by atoms with van der Waals surface area (Å²) in [6.45, 7) is 6.19. The third-order valence-electron chi connectivity index (χ3n) is 2.47. The molecule has 0 saturated carbocycles. The molecule has 0 N–H and O–H groups in total. The molecule has 2 atom stereocenters. The van der Waals surface area contributed by atoms with Gasteiger partial charge in [0, 0.05) is 6.42 Å². The van der Waals surface area contributed by atoms with Gasteiger partial charge >= 0.3 is 0 Å². The van der Waals surface area contributed by atoms with E-state index < -0.39 is 0 Å². The van der Waals surface area contributed by atoms with Crippen LogP contribution in [0.25, 0.3) is 0 Å². The average molecular weight is 230 g/mol. The summed E-state index contributed by atoms with van der Waals surface area (Å²) in [5.41, 5.74) is -0.0507. The molecule has 0 rings (SSSR count). The van der Waals surface area contributed by atoms with Crippen molar-refractivity contribution in [2.45, 2.75) is 52.9 Å². The molecule has 0 aromatic rings. The molecule has 0 spiro atoms. The first-order chi connectivity index (χ1) is 6.99. The van der Waals surface area contributed by atoms with Crippen LogP contribution < -0.4 is 0 Å². The predicted octanol–water partition coefficient (Wildman–Crippen LogP) is 3.20. The lowest BCUT2D eigenvalue weighted by atomic mass is 9.92. The van der Waals surface area contributed by atoms with Gasteiger partial charge < -0.3 is 0 Å². The Bertz CT molecular complexity index is 212. The second-order valence-electron chi connectivity index (χ2n) is 4.51. The zero-order valence-electron chi connectivity index (χ0n) is 10.1. The summed E-state index contributed by atoms with van der Waals surface area (Å²) < 4.78 is 0.